The average molecular weight is 303 g/mol. The summed E-state index contributed by atoms with van der Waals surface area (Å²) in [6.45, 7) is 2.84. The highest BCUT2D eigenvalue weighted by Gasteiger charge is 2.10. The van der Waals surface area contributed by atoms with E-state index in [1.807, 2.05) is 21.0 Å². The van der Waals surface area contributed by atoms with Gasteiger partial charge in [0.15, 0.2) is 0 Å². The van der Waals surface area contributed by atoms with Crippen LogP contribution in [0.15, 0.2) is 0 Å². The highest BCUT2D eigenvalue weighted by Crippen LogP contribution is 2.10. The van der Waals surface area contributed by atoms with Crippen molar-refractivity contribution in [1.29, 1.82) is 0 Å². The highest BCUT2D eigenvalue weighted by molar-refractivity contribution is 7.89. The van der Waals surface area contributed by atoms with Gasteiger partial charge in [-0.15, -0.1) is 0 Å². The third-order valence-electron chi connectivity index (χ3n) is 2.32. The van der Waals surface area contributed by atoms with Gasteiger partial charge in [-0.05, 0) is 14.0 Å². The van der Waals surface area contributed by atoms with Gasteiger partial charge in [0.1, 0.15) is 0 Å². The summed E-state index contributed by atoms with van der Waals surface area (Å²) < 4.78 is 24.9. The van der Waals surface area contributed by atoms with Gasteiger partial charge in [0.05, 0.1) is 5.75 Å². The number of sulfonamides is 1. The van der Waals surface area contributed by atoms with Gasteiger partial charge in [-0.3, -0.25) is 0 Å². The lowest BCUT2D eigenvalue weighted by atomic mass is 10.7. The van der Waals surface area contributed by atoms with E-state index in [0.29, 0.717) is 24.4 Å². The summed E-state index contributed by atoms with van der Waals surface area (Å²) in [5.41, 5.74) is 0. The van der Waals surface area contributed by atoms with Crippen LogP contribution in [0, 0.1) is 0 Å². The fraction of sp³-hybridized carbons (Fsp3) is 0.700. The standard InChI is InChI=1S/C10H21N7O2S/c1-5-12-8-14-9(16-10(15-8)17(3)4)13-6-7-20(18,19)11-2/h11H,5-7H2,1-4H3,(H2,12,13,14,15,16). The summed E-state index contributed by atoms with van der Waals surface area (Å²) in [5.74, 6) is 1.23. The molecule has 0 bridgehead atoms. The van der Waals surface area contributed by atoms with Gasteiger partial charge in [0, 0.05) is 27.2 Å². The fourth-order valence-corrected chi connectivity index (χ4v) is 1.86. The predicted octanol–water partition coefficient (Wildman–Crippen LogP) is -0.669. The minimum Gasteiger partial charge on any atom is -0.354 e. The first-order valence-corrected chi connectivity index (χ1v) is 7.85. The van der Waals surface area contributed by atoms with Crippen molar-refractivity contribution in [3.05, 3.63) is 0 Å². The summed E-state index contributed by atoms with van der Waals surface area (Å²) >= 11 is 0. The number of hydrogen-bond donors (Lipinski definition) is 3. The van der Waals surface area contributed by atoms with Crippen LogP contribution in [-0.4, -0.2) is 63.4 Å². The molecule has 10 heteroatoms. The van der Waals surface area contributed by atoms with Crippen LogP contribution in [0.25, 0.3) is 0 Å². The van der Waals surface area contributed by atoms with Gasteiger partial charge in [-0.25, -0.2) is 13.1 Å². The van der Waals surface area contributed by atoms with Crippen LogP contribution >= 0.6 is 0 Å². The molecule has 9 nitrogen and oxygen atoms in total. The molecule has 0 saturated heterocycles. The Balaban J connectivity index is 2.78. The van der Waals surface area contributed by atoms with Crippen molar-refractivity contribution in [2.75, 3.05) is 55.5 Å². The normalized spacial score (nSPS) is 11.2. The second kappa shape index (κ2) is 7.20. The summed E-state index contributed by atoms with van der Waals surface area (Å²) in [4.78, 5) is 14.3. The lowest BCUT2D eigenvalue weighted by Crippen LogP contribution is -2.27. The van der Waals surface area contributed by atoms with Gasteiger partial charge in [-0.2, -0.15) is 15.0 Å². The number of rotatable bonds is 8. The number of hydrogen-bond acceptors (Lipinski definition) is 8. The third-order valence-corrected chi connectivity index (χ3v) is 3.69. The van der Waals surface area contributed by atoms with Crippen molar-refractivity contribution in [2.24, 2.45) is 0 Å². The number of aromatic nitrogens is 3. The Kier molecular flexibility index (Phi) is 5.89. The molecule has 1 aromatic heterocycles. The monoisotopic (exact) mass is 303 g/mol. The molecule has 114 valence electrons. The first-order valence-electron chi connectivity index (χ1n) is 6.20. The average Bonchev–Trinajstić information content (AvgIpc) is 2.38. The number of nitrogens with one attached hydrogen (secondary N) is 3. The predicted molar refractivity (Wildman–Crippen MR) is 79.7 cm³/mol. The molecule has 0 aromatic carbocycles. The molecule has 0 atom stereocenters. The van der Waals surface area contributed by atoms with E-state index >= 15 is 0 Å². The molecule has 0 unspecified atom stereocenters. The second-order valence-corrected chi connectivity index (χ2v) is 6.20. The van der Waals surface area contributed by atoms with E-state index in [4.69, 9.17) is 0 Å². The quantitative estimate of drug-likeness (QED) is 0.580. The van der Waals surface area contributed by atoms with E-state index in [2.05, 4.69) is 30.3 Å². The SMILES string of the molecule is CCNc1nc(NCCS(=O)(=O)NC)nc(N(C)C)n1. The molecule has 1 aromatic rings. The topological polar surface area (TPSA) is 112 Å². The molecule has 0 spiro atoms. The lowest BCUT2D eigenvalue weighted by Gasteiger charge is -2.13. The maximum Gasteiger partial charge on any atom is 0.231 e. The molecule has 0 aliphatic rings. The maximum atomic E-state index is 11.3. The van der Waals surface area contributed by atoms with Crippen LogP contribution in [0.3, 0.4) is 0 Å². The van der Waals surface area contributed by atoms with Crippen LogP contribution in [0.4, 0.5) is 17.8 Å². The highest BCUT2D eigenvalue weighted by atomic mass is 32.2. The van der Waals surface area contributed by atoms with E-state index in [0.717, 1.165) is 0 Å². The van der Waals surface area contributed by atoms with E-state index in [1.54, 1.807) is 4.90 Å². The van der Waals surface area contributed by atoms with Crippen molar-refractivity contribution in [1.82, 2.24) is 19.7 Å². The van der Waals surface area contributed by atoms with Crippen molar-refractivity contribution < 1.29 is 8.42 Å². The van der Waals surface area contributed by atoms with Gasteiger partial charge in [-0.1, -0.05) is 0 Å². The lowest BCUT2D eigenvalue weighted by molar-refractivity contribution is 0.588. The minimum atomic E-state index is -3.25. The zero-order valence-corrected chi connectivity index (χ0v) is 13.0. The molecule has 1 heterocycles. The third kappa shape index (κ3) is 5.13. The molecule has 0 fully saturated rings. The van der Waals surface area contributed by atoms with E-state index in [1.165, 1.54) is 7.05 Å². The molecule has 0 aliphatic carbocycles. The van der Waals surface area contributed by atoms with Crippen LogP contribution in [0.5, 0.6) is 0 Å². The molecule has 20 heavy (non-hydrogen) atoms. The van der Waals surface area contributed by atoms with E-state index in [9.17, 15) is 8.42 Å². The van der Waals surface area contributed by atoms with Crippen LogP contribution < -0.4 is 20.3 Å². The van der Waals surface area contributed by atoms with Crippen LogP contribution in [0.2, 0.25) is 0 Å². The Morgan fingerprint density at radius 3 is 2.20 bits per heavy atom. The Morgan fingerprint density at radius 1 is 1.10 bits per heavy atom. The summed E-state index contributed by atoms with van der Waals surface area (Å²) in [7, 11) is 1.77. The van der Waals surface area contributed by atoms with Crippen LogP contribution in [0.1, 0.15) is 6.92 Å². The second-order valence-electron chi connectivity index (χ2n) is 4.16. The van der Waals surface area contributed by atoms with E-state index in [-0.39, 0.29) is 12.3 Å². The molecule has 0 amide bonds. The van der Waals surface area contributed by atoms with Gasteiger partial charge in [0.25, 0.3) is 0 Å². The molecule has 1 rings (SSSR count). The van der Waals surface area contributed by atoms with Crippen LogP contribution in [-0.2, 0) is 10.0 Å². The van der Waals surface area contributed by atoms with Gasteiger partial charge >= 0.3 is 0 Å². The van der Waals surface area contributed by atoms with Gasteiger partial charge < -0.3 is 15.5 Å². The summed E-state index contributed by atoms with van der Waals surface area (Å²) in [6, 6.07) is 0. The van der Waals surface area contributed by atoms with Crippen molar-refractivity contribution in [3.63, 3.8) is 0 Å². The minimum absolute atomic E-state index is 0.0526. The Bertz CT molecular complexity index is 532. The van der Waals surface area contributed by atoms with Crippen molar-refractivity contribution in [2.45, 2.75) is 6.92 Å². The summed E-state index contributed by atoms with van der Waals surface area (Å²) in [6.07, 6.45) is 0. The van der Waals surface area contributed by atoms with E-state index < -0.39 is 10.0 Å². The Labute approximate surface area is 119 Å². The van der Waals surface area contributed by atoms with Crippen molar-refractivity contribution in [3.8, 4) is 0 Å². The van der Waals surface area contributed by atoms with Crippen molar-refractivity contribution >= 4 is 27.9 Å². The largest absolute Gasteiger partial charge is 0.354 e. The Hall–Kier alpha value is -1.68. The molecule has 0 radical (unpaired) electrons. The smallest absolute Gasteiger partial charge is 0.231 e. The number of anilines is 3. The fourth-order valence-electron chi connectivity index (χ4n) is 1.28. The molecule has 0 aliphatic heterocycles. The Morgan fingerprint density at radius 2 is 1.70 bits per heavy atom. The zero-order chi connectivity index (χ0) is 15.2. The molecule has 3 N–H and O–H groups in total. The number of nitrogens with zero attached hydrogens (tertiary/aromatic N) is 4. The molecular formula is C10H21N7O2S. The maximum absolute atomic E-state index is 11.3. The summed E-state index contributed by atoms with van der Waals surface area (Å²) in [5, 5.41) is 5.88. The molecule has 0 saturated carbocycles. The first kappa shape index (κ1) is 16.4. The first-order chi connectivity index (χ1) is 9.38. The van der Waals surface area contributed by atoms with Gasteiger partial charge in [0.2, 0.25) is 27.9 Å². The molecular weight excluding hydrogens is 282 g/mol. The zero-order valence-electron chi connectivity index (χ0n) is 12.1.